The monoisotopic (exact) mass is 391 g/mol. The second-order valence-electron chi connectivity index (χ2n) is 8.61. The molecule has 2 heterocycles. The summed E-state index contributed by atoms with van der Waals surface area (Å²) in [4.78, 5) is 20.7. The van der Waals surface area contributed by atoms with Crippen LogP contribution in [-0.4, -0.2) is 65.9 Å². The Bertz CT molecular complexity index is 763. The van der Waals surface area contributed by atoms with Crippen LogP contribution in [0, 0.1) is 0 Å². The molecule has 0 atom stereocenters. The van der Waals surface area contributed by atoms with E-state index < -0.39 is 0 Å². The highest BCUT2D eigenvalue weighted by Gasteiger charge is 2.34. The normalized spacial score (nSPS) is 19.9. The molecule has 0 radical (unpaired) electrons. The van der Waals surface area contributed by atoms with Crippen molar-refractivity contribution in [2.45, 2.75) is 44.3 Å². The highest BCUT2D eigenvalue weighted by Crippen LogP contribution is 2.27. The number of hydrogen-bond acceptors (Lipinski definition) is 3. The first-order valence-electron chi connectivity index (χ1n) is 11.0. The Kier molecular flexibility index (Phi) is 6.63. The second kappa shape index (κ2) is 9.55. The standard InChI is InChI=1S/C25H33N3O/c1-26-16-12-23(13-17-26)28(25(29)22-10-6-3-7-11-22)24-14-18-27(19-15-24)20-21-8-4-2-5-9-21/h2-11,23-24H,12-20H2,1H3. The highest BCUT2D eigenvalue weighted by molar-refractivity contribution is 5.94. The first kappa shape index (κ1) is 20.1. The van der Waals surface area contributed by atoms with E-state index in [2.05, 4.69) is 52.1 Å². The Hall–Kier alpha value is -2.17. The summed E-state index contributed by atoms with van der Waals surface area (Å²) in [5.74, 6) is 0.224. The van der Waals surface area contributed by atoms with Crippen LogP contribution in [0.5, 0.6) is 0 Å². The van der Waals surface area contributed by atoms with Crippen LogP contribution in [0.25, 0.3) is 0 Å². The zero-order valence-electron chi connectivity index (χ0n) is 17.5. The lowest BCUT2D eigenvalue weighted by Gasteiger charge is -2.45. The lowest BCUT2D eigenvalue weighted by molar-refractivity contribution is 0.0312. The number of hydrogen-bond donors (Lipinski definition) is 0. The molecule has 2 aromatic rings. The molecular formula is C25H33N3O. The Morgan fingerprint density at radius 1 is 0.828 bits per heavy atom. The number of benzene rings is 2. The number of amides is 1. The van der Waals surface area contributed by atoms with Crippen molar-refractivity contribution in [2.75, 3.05) is 33.2 Å². The summed E-state index contributed by atoms with van der Waals surface area (Å²) in [6.45, 7) is 5.29. The zero-order chi connectivity index (χ0) is 20.1. The van der Waals surface area contributed by atoms with Crippen molar-refractivity contribution < 1.29 is 4.79 Å². The van der Waals surface area contributed by atoms with Crippen molar-refractivity contribution >= 4 is 5.91 Å². The fourth-order valence-corrected chi connectivity index (χ4v) is 4.83. The molecule has 0 spiro atoms. The minimum absolute atomic E-state index is 0.224. The van der Waals surface area contributed by atoms with Gasteiger partial charge in [-0.3, -0.25) is 9.69 Å². The van der Waals surface area contributed by atoms with Gasteiger partial charge in [0, 0.05) is 37.3 Å². The van der Waals surface area contributed by atoms with Gasteiger partial charge in [0.05, 0.1) is 0 Å². The Balaban J connectivity index is 1.44. The van der Waals surface area contributed by atoms with E-state index in [1.165, 1.54) is 5.56 Å². The van der Waals surface area contributed by atoms with Crippen LogP contribution >= 0.6 is 0 Å². The van der Waals surface area contributed by atoms with Gasteiger partial charge >= 0.3 is 0 Å². The zero-order valence-corrected chi connectivity index (χ0v) is 17.5. The van der Waals surface area contributed by atoms with Crippen LogP contribution < -0.4 is 0 Å². The summed E-state index contributed by atoms with van der Waals surface area (Å²) in [6, 6.07) is 21.3. The lowest BCUT2D eigenvalue weighted by Crippen LogP contribution is -2.54. The summed E-state index contributed by atoms with van der Waals surface area (Å²) in [5.41, 5.74) is 2.21. The third-order valence-corrected chi connectivity index (χ3v) is 6.54. The fourth-order valence-electron chi connectivity index (χ4n) is 4.83. The topological polar surface area (TPSA) is 26.8 Å². The molecular weight excluding hydrogens is 358 g/mol. The van der Waals surface area contributed by atoms with E-state index in [4.69, 9.17) is 0 Å². The quantitative estimate of drug-likeness (QED) is 0.774. The second-order valence-corrected chi connectivity index (χ2v) is 8.61. The molecule has 4 nitrogen and oxygen atoms in total. The van der Waals surface area contributed by atoms with E-state index in [9.17, 15) is 4.79 Å². The maximum Gasteiger partial charge on any atom is 0.254 e. The molecule has 0 aromatic heterocycles. The highest BCUT2D eigenvalue weighted by atomic mass is 16.2. The molecule has 4 heteroatoms. The van der Waals surface area contributed by atoms with Crippen molar-refractivity contribution in [3.05, 3.63) is 71.8 Å². The van der Waals surface area contributed by atoms with Gasteiger partial charge in [0.2, 0.25) is 0 Å². The van der Waals surface area contributed by atoms with Crippen LogP contribution in [0.3, 0.4) is 0 Å². The summed E-state index contributed by atoms with van der Waals surface area (Å²) in [6.07, 6.45) is 4.30. The molecule has 0 unspecified atom stereocenters. The van der Waals surface area contributed by atoms with E-state index >= 15 is 0 Å². The molecule has 1 amide bonds. The van der Waals surface area contributed by atoms with Crippen LogP contribution in [0.2, 0.25) is 0 Å². The number of nitrogens with zero attached hydrogens (tertiary/aromatic N) is 3. The first-order valence-corrected chi connectivity index (χ1v) is 11.0. The minimum atomic E-state index is 0.224. The van der Waals surface area contributed by atoms with E-state index in [-0.39, 0.29) is 5.91 Å². The van der Waals surface area contributed by atoms with Crippen LogP contribution in [0.15, 0.2) is 60.7 Å². The molecule has 2 saturated heterocycles. The van der Waals surface area contributed by atoms with Gasteiger partial charge in [-0.15, -0.1) is 0 Å². The van der Waals surface area contributed by atoms with Gasteiger partial charge in [-0.05, 0) is 63.5 Å². The van der Waals surface area contributed by atoms with Crippen LogP contribution in [0.4, 0.5) is 0 Å². The molecule has 0 N–H and O–H groups in total. The van der Waals surface area contributed by atoms with E-state index in [0.29, 0.717) is 12.1 Å². The van der Waals surface area contributed by atoms with Gasteiger partial charge in [-0.25, -0.2) is 0 Å². The number of likely N-dealkylation sites (tertiary alicyclic amines) is 2. The molecule has 154 valence electrons. The Labute approximate surface area is 175 Å². The van der Waals surface area contributed by atoms with Crippen molar-refractivity contribution in [1.82, 2.24) is 14.7 Å². The summed E-state index contributed by atoms with van der Waals surface area (Å²) >= 11 is 0. The smallest absolute Gasteiger partial charge is 0.254 e. The molecule has 0 aliphatic carbocycles. The molecule has 2 fully saturated rings. The van der Waals surface area contributed by atoms with Crippen LogP contribution in [0.1, 0.15) is 41.6 Å². The van der Waals surface area contributed by atoms with Gasteiger partial charge in [-0.2, -0.15) is 0 Å². The van der Waals surface area contributed by atoms with Gasteiger partial charge in [0.1, 0.15) is 0 Å². The summed E-state index contributed by atoms with van der Waals surface area (Å²) < 4.78 is 0. The average molecular weight is 392 g/mol. The number of rotatable bonds is 5. The van der Waals surface area contributed by atoms with Crippen molar-refractivity contribution in [3.63, 3.8) is 0 Å². The third kappa shape index (κ3) is 5.06. The van der Waals surface area contributed by atoms with Crippen LogP contribution in [-0.2, 0) is 6.54 Å². The van der Waals surface area contributed by atoms with Gasteiger partial charge in [-0.1, -0.05) is 48.5 Å². The van der Waals surface area contributed by atoms with Gasteiger partial charge in [0.15, 0.2) is 0 Å². The molecule has 2 aliphatic heterocycles. The first-order chi connectivity index (χ1) is 14.2. The summed E-state index contributed by atoms with van der Waals surface area (Å²) in [5, 5.41) is 0. The van der Waals surface area contributed by atoms with E-state index in [0.717, 1.165) is 64.0 Å². The van der Waals surface area contributed by atoms with Crippen molar-refractivity contribution in [3.8, 4) is 0 Å². The maximum atomic E-state index is 13.5. The van der Waals surface area contributed by atoms with Gasteiger partial charge in [0.25, 0.3) is 5.91 Å². The van der Waals surface area contributed by atoms with E-state index in [1.807, 2.05) is 30.3 Å². The largest absolute Gasteiger partial charge is 0.332 e. The molecule has 29 heavy (non-hydrogen) atoms. The lowest BCUT2D eigenvalue weighted by atomic mass is 9.95. The molecule has 0 bridgehead atoms. The SMILES string of the molecule is CN1CCC(N(C(=O)c2ccccc2)C2CCN(Cc3ccccc3)CC2)CC1. The maximum absolute atomic E-state index is 13.5. The number of piperidine rings is 2. The Morgan fingerprint density at radius 2 is 1.34 bits per heavy atom. The molecule has 2 aliphatic rings. The predicted octanol–water partition coefficient (Wildman–Crippen LogP) is 3.89. The minimum Gasteiger partial charge on any atom is -0.332 e. The predicted molar refractivity (Wildman–Crippen MR) is 118 cm³/mol. The number of carbonyl (C=O) groups excluding carboxylic acids is 1. The fraction of sp³-hybridized carbons (Fsp3) is 0.480. The van der Waals surface area contributed by atoms with Crippen molar-refractivity contribution in [2.24, 2.45) is 0 Å². The molecule has 2 aromatic carbocycles. The number of carbonyl (C=O) groups is 1. The Morgan fingerprint density at radius 3 is 1.93 bits per heavy atom. The van der Waals surface area contributed by atoms with Crippen molar-refractivity contribution in [1.29, 1.82) is 0 Å². The van der Waals surface area contributed by atoms with E-state index in [1.54, 1.807) is 0 Å². The third-order valence-electron chi connectivity index (χ3n) is 6.54. The summed E-state index contributed by atoms with van der Waals surface area (Å²) in [7, 11) is 2.18. The molecule has 0 saturated carbocycles. The average Bonchev–Trinajstić information content (AvgIpc) is 2.78. The molecule has 4 rings (SSSR count). The van der Waals surface area contributed by atoms with Gasteiger partial charge < -0.3 is 9.80 Å².